The van der Waals surface area contributed by atoms with E-state index in [1.807, 2.05) is 18.2 Å². The summed E-state index contributed by atoms with van der Waals surface area (Å²) in [7, 11) is 0. The number of nitrogens with zero attached hydrogens (tertiary/aromatic N) is 2. The Hall–Kier alpha value is -1.61. The van der Waals surface area contributed by atoms with Crippen LogP contribution in [0.15, 0.2) is 36.4 Å². The number of rotatable bonds is 4. The fourth-order valence-corrected chi connectivity index (χ4v) is 3.15. The Morgan fingerprint density at radius 1 is 1.35 bits per heavy atom. The summed E-state index contributed by atoms with van der Waals surface area (Å²) in [5.74, 6) is 1.39. The molecule has 20 heavy (non-hydrogen) atoms. The van der Waals surface area contributed by atoms with Gasteiger partial charge < -0.3 is 9.67 Å². The molecule has 1 aromatic carbocycles. The molecule has 1 heterocycles. The zero-order chi connectivity index (χ0) is 13.9. The summed E-state index contributed by atoms with van der Waals surface area (Å²) in [6.07, 6.45) is 7.94. The predicted molar refractivity (Wildman–Crippen MR) is 81.6 cm³/mol. The second kappa shape index (κ2) is 5.80. The third-order valence-electron chi connectivity index (χ3n) is 4.30. The Morgan fingerprint density at radius 3 is 2.95 bits per heavy atom. The molecule has 1 aliphatic rings. The number of fused-ring (bicyclic) bond motifs is 1. The van der Waals surface area contributed by atoms with Crippen LogP contribution in [0.4, 0.5) is 0 Å². The number of aliphatic hydroxyl groups excluding tert-OH is 1. The van der Waals surface area contributed by atoms with Crippen molar-refractivity contribution in [1.82, 2.24) is 9.55 Å². The molecule has 3 heteroatoms. The van der Waals surface area contributed by atoms with E-state index < -0.39 is 0 Å². The van der Waals surface area contributed by atoms with E-state index in [0.717, 1.165) is 37.1 Å². The minimum Gasteiger partial charge on any atom is -0.392 e. The van der Waals surface area contributed by atoms with Crippen molar-refractivity contribution in [2.24, 2.45) is 5.92 Å². The molecular formula is C17H22N2O. The molecule has 1 aliphatic carbocycles. The first-order valence-electron chi connectivity index (χ1n) is 7.56. The van der Waals surface area contributed by atoms with Gasteiger partial charge in [0.25, 0.3) is 0 Å². The van der Waals surface area contributed by atoms with Gasteiger partial charge in [0, 0.05) is 13.0 Å². The van der Waals surface area contributed by atoms with Gasteiger partial charge >= 0.3 is 0 Å². The first-order chi connectivity index (χ1) is 9.79. The Labute approximate surface area is 120 Å². The number of aryl methyl sites for hydroxylation is 1. The lowest BCUT2D eigenvalue weighted by Gasteiger charge is -2.23. The summed E-state index contributed by atoms with van der Waals surface area (Å²) in [6, 6.07) is 8.20. The van der Waals surface area contributed by atoms with Crippen LogP contribution in [0.1, 0.15) is 32.0 Å². The molecule has 0 fully saturated rings. The molecule has 0 amide bonds. The maximum absolute atomic E-state index is 10.5. The molecular weight excluding hydrogens is 248 g/mol. The van der Waals surface area contributed by atoms with Gasteiger partial charge in [-0.2, -0.15) is 0 Å². The number of aliphatic hydroxyl groups is 1. The number of benzene rings is 1. The fourth-order valence-electron chi connectivity index (χ4n) is 3.15. The van der Waals surface area contributed by atoms with Crippen molar-refractivity contribution in [3.63, 3.8) is 0 Å². The summed E-state index contributed by atoms with van der Waals surface area (Å²) in [5, 5.41) is 10.5. The fraction of sp³-hybridized carbons (Fsp3) is 0.471. The van der Waals surface area contributed by atoms with Crippen molar-refractivity contribution < 1.29 is 5.11 Å². The molecule has 0 spiro atoms. The molecule has 2 atom stereocenters. The summed E-state index contributed by atoms with van der Waals surface area (Å²) < 4.78 is 2.22. The molecule has 1 N–H and O–H groups in total. The van der Waals surface area contributed by atoms with Crippen molar-refractivity contribution in [3.8, 4) is 0 Å². The Balaban J connectivity index is 1.84. The Kier molecular flexibility index (Phi) is 3.88. The molecule has 0 saturated carbocycles. The van der Waals surface area contributed by atoms with Crippen LogP contribution in [0.3, 0.4) is 0 Å². The lowest BCUT2D eigenvalue weighted by atomic mass is 9.88. The van der Waals surface area contributed by atoms with Crippen molar-refractivity contribution >= 4 is 11.0 Å². The van der Waals surface area contributed by atoms with E-state index in [-0.39, 0.29) is 6.10 Å². The van der Waals surface area contributed by atoms with E-state index in [2.05, 4.69) is 29.7 Å². The lowest BCUT2D eigenvalue weighted by Crippen LogP contribution is -2.25. The molecule has 3 nitrogen and oxygen atoms in total. The topological polar surface area (TPSA) is 38.0 Å². The van der Waals surface area contributed by atoms with Crippen molar-refractivity contribution in [1.29, 1.82) is 0 Å². The van der Waals surface area contributed by atoms with Gasteiger partial charge in [0.05, 0.1) is 17.1 Å². The highest BCUT2D eigenvalue weighted by Gasteiger charge is 2.22. The highest BCUT2D eigenvalue weighted by molar-refractivity contribution is 5.75. The van der Waals surface area contributed by atoms with Gasteiger partial charge in [-0.1, -0.05) is 24.3 Å². The van der Waals surface area contributed by atoms with Gasteiger partial charge in [0.2, 0.25) is 0 Å². The van der Waals surface area contributed by atoms with E-state index in [4.69, 9.17) is 4.98 Å². The minimum absolute atomic E-state index is 0.290. The van der Waals surface area contributed by atoms with Crippen LogP contribution < -0.4 is 0 Å². The smallest absolute Gasteiger partial charge is 0.112 e. The molecule has 0 aliphatic heterocycles. The van der Waals surface area contributed by atoms with Gasteiger partial charge in [-0.15, -0.1) is 0 Å². The first-order valence-corrected chi connectivity index (χ1v) is 7.56. The molecule has 2 unspecified atom stereocenters. The van der Waals surface area contributed by atoms with Crippen LogP contribution in [0.25, 0.3) is 11.0 Å². The number of aromatic nitrogens is 2. The molecule has 106 valence electrons. The molecule has 0 bridgehead atoms. The molecule has 0 radical (unpaired) electrons. The van der Waals surface area contributed by atoms with Gasteiger partial charge in [-0.25, -0.2) is 4.98 Å². The van der Waals surface area contributed by atoms with E-state index in [1.165, 1.54) is 5.52 Å². The largest absolute Gasteiger partial charge is 0.392 e. The molecule has 3 rings (SSSR count). The summed E-state index contributed by atoms with van der Waals surface area (Å²) in [4.78, 5) is 4.70. The average Bonchev–Trinajstić information content (AvgIpc) is 2.85. The van der Waals surface area contributed by atoms with Crippen LogP contribution in [0.2, 0.25) is 0 Å². The van der Waals surface area contributed by atoms with E-state index in [9.17, 15) is 5.11 Å². The number of imidazole rings is 1. The van der Waals surface area contributed by atoms with Crippen LogP contribution in [0.5, 0.6) is 0 Å². The third kappa shape index (κ3) is 2.50. The third-order valence-corrected chi connectivity index (χ3v) is 4.30. The summed E-state index contributed by atoms with van der Waals surface area (Å²) in [6.45, 7) is 3.03. The minimum atomic E-state index is -0.290. The number of hydrogen-bond acceptors (Lipinski definition) is 2. The average molecular weight is 270 g/mol. The van der Waals surface area contributed by atoms with Gasteiger partial charge in [0.15, 0.2) is 0 Å². The number of allylic oxidation sites excluding steroid dienone is 2. The predicted octanol–water partition coefficient (Wildman–Crippen LogP) is 3.32. The highest BCUT2D eigenvalue weighted by Crippen LogP contribution is 2.25. The Bertz CT molecular complexity index is 614. The van der Waals surface area contributed by atoms with E-state index in [0.29, 0.717) is 12.3 Å². The van der Waals surface area contributed by atoms with Crippen LogP contribution in [-0.4, -0.2) is 20.8 Å². The number of para-hydroxylation sites is 2. The highest BCUT2D eigenvalue weighted by atomic mass is 16.3. The van der Waals surface area contributed by atoms with Crippen molar-refractivity contribution in [2.75, 3.05) is 0 Å². The monoisotopic (exact) mass is 270 g/mol. The quantitative estimate of drug-likeness (QED) is 0.865. The number of hydrogen-bond donors (Lipinski definition) is 1. The van der Waals surface area contributed by atoms with E-state index >= 15 is 0 Å². The molecule has 0 saturated heterocycles. The second-order valence-electron chi connectivity index (χ2n) is 5.58. The summed E-state index contributed by atoms with van der Waals surface area (Å²) in [5.41, 5.74) is 2.20. The molecule has 1 aromatic heterocycles. The van der Waals surface area contributed by atoms with Gasteiger partial charge in [-0.05, 0) is 44.2 Å². The van der Waals surface area contributed by atoms with Crippen molar-refractivity contribution in [2.45, 2.75) is 45.3 Å². The van der Waals surface area contributed by atoms with Gasteiger partial charge in [-0.3, -0.25) is 0 Å². The summed E-state index contributed by atoms with van der Waals surface area (Å²) >= 11 is 0. The van der Waals surface area contributed by atoms with Crippen LogP contribution >= 0.6 is 0 Å². The maximum atomic E-state index is 10.5. The molecule has 2 aromatic rings. The first kappa shape index (κ1) is 13.4. The standard InChI is InChI=1S/C17H22N2O/c1-2-19-15-11-7-6-10-14(15)18-17(19)12-16(20)13-8-4-3-5-9-13/h3-4,6-7,10-11,13,16,20H,2,5,8-9,12H2,1H3. The SMILES string of the molecule is CCn1c(CC(O)C2CC=CCC2)nc2ccccc21. The van der Waals surface area contributed by atoms with Crippen LogP contribution in [-0.2, 0) is 13.0 Å². The lowest BCUT2D eigenvalue weighted by molar-refractivity contribution is 0.0995. The van der Waals surface area contributed by atoms with Crippen molar-refractivity contribution in [3.05, 3.63) is 42.2 Å². The van der Waals surface area contributed by atoms with Gasteiger partial charge in [0.1, 0.15) is 5.82 Å². The zero-order valence-electron chi connectivity index (χ0n) is 12.0. The van der Waals surface area contributed by atoms with E-state index in [1.54, 1.807) is 0 Å². The zero-order valence-corrected chi connectivity index (χ0v) is 12.0. The Morgan fingerprint density at radius 2 is 2.20 bits per heavy atom. The normalized spacial score (nSPS) is 20.4. The second-order valence-corrected chi connectivity index (χ2v) is 5.58. The van der Waals surface area contributed by atoms with Crippen LogP contribution in [0, 0.1) is 5.92 Å². The maximum Gasteiger partial charge on any atom is 0.112 e.